The lowest BCUT2D eigenvalue weighted by Crippen LogP contribution is -2.26. The maximum absolute atomic E-state index is 13.6. The summed E-state index contributed by atoms with van der Waals surface area (Å²) in [6.45, 7) is 0.815. The Morgan fingerprint density at radius 3 is 2.58 bits per heavy atom. The molecule has 26 heavy (non-hydrogen) atoms. The number of rotatable bonds is 3. The Balaban J connectivity index is 1.85. The summed E-state index contributed by atoms with van der Waals surface area (Å²) in [6.07, 6.45) is 2.22. The van der Waals surface area contributed by atoms with Gasteiger partial charge in [0.05, 0.1) is 18.1 Å². The van der Waals surface area contributed by atoms with E-state index < -0.39 is 21.4 Å². The summed E-state index contributed by atoms with van der Waals surface area (Å²) in [4.78, 5) is 0.180. The highest BCUT2D eigenvalue weighted by molar-refractivity contribution is 9.10. The average Bonchev–Trinajstić information content (AvgIpc) is 3.15. The van der Waals surface area contributed by atoms with Crippen LogP contribution >= 0.6 is 15.9 Å². The molecule has 0 unspecified atom stereocenters. The van der Waals surface area contributed by atoms with Crippen molar-refractivity contribution in [1.82, 2.24) is 0 Å². The lowest BCUT2D eigenvalue weighted by atomic mass is 10.1. The van der Waals surface area contributed by atoms with Crippen LogP contribution in [0.15, 0.2) is 39.7 Å². The molecule has 1 aliphatic carbocycles. The van der Waals surface area contributed by atoms with Gasteiger partial charge in [-0.1, -0.05) is 15.9 Å². The van der Waals surface area contributed by atoms with Gasteiger partial charge in [0.25, 0.3) is 0 Å². The number of ether oxygens (including phenoxy) is 3. The van der Waals surface area contributed by atoms with Gasteiger partial charge in [0.15, 0.2) is 15.6 Å². The lowest BCUT2D eigenvalue weighted by molar-refractivity contribution is -0.164. The first kappa shape index (κ1) is 17.9. The standard InChI is InChI=1S/C18H16BrFO5S/c1-26(21,22)16-3-2-15(25-13-9-11(19)8-12(20)10-13)14-4-5-18(17(14)16)23-6-7-24-18/h2-3,8-10H,4-7H2,1H3. The van der Waals surface area contributed by atoms with E-state index in [-0.39, 0.29) is 4.90 Å². The second-order valence-corrected chi connectivity index (χ2v) is 9.24. The molecular weight excluding hydrogens is 427 g/mol. The van der Waals surface area contributed by atoms with E-state index >= 15 is 0 Å². The summed E-state index contributed by atoms with van der Waals surface area (Å²) in [5, 5.41) is 0. The first-order chi connectivity index (χ1) is 12.3. The maximum Gasteiger partial charge on any atom is 0.196 e. The van der Waals surface area contributed by atoms with Gasteiger partial charge in [-0.25, -0.2) is 12.8 Å². The van der Waals surface area contributed by atoms with Crippen molar-refractivity contribution in [3.8, 4) is 11.5 Å². The number of benzene rings is 2. The van der Waals surface area contributed by atoms with Crippen molar-refractivity contribution in [3.63, 3.8) is 0 Å². The zero-order valence-electron chi connectivity index (χ0n) is 13.9. The first-order valence-corrected chi connectivity index (χ1v) is 10.8. The summed E-state index contributed by atoms with van der Waals surface area (Å²) < 4.78 is 56.2. The summed E-state index contributed by atoms with van der Waals surface area (Å²) >= 11 is 3.24. The molecule has 1 fully saturated rings. The molecule has 0 N–H and O–H groups in total. The fraction of sp³-hybridized carbons (Fsp3) is 0.333. The van der Waals surface area contributed by atoms with E-state index in [1.807, 2.05) is 0 Å². The molecule has 0 atom stereocenters. The van der Waals surface area contributed by atoms with Gasteiger partial charge in [-0.2, -0.15) is 0 Å². The van der Waals surface area contributed by atoms with Gasteiger partial charge in [-0.3, -0.25) is 0 Å². The summed E-state index contributed by atoms with van der Waals surface area (Å²) in [6, 6.07) is 7.35. The third kappa shape index (κ3) is 3.05. The van der Waals surface area contributed by atoms with Crippen LogP contribution in [0.5, 0.6) is 11.5 Å². The van der Waals surface area contributed by atoms with Gasteiger partial charge in [-0.05, 0) is 30.7 Å². The van der Waals surface area contributed by atoms with E-state index in [1.165, 1.54) is 18.2 Å². The molecule has 0 saturated carbocycles. The smallest absolute Gasteiger partial charge is 0.196 e. The molecule has 2 aromatic carbocycles. The predicted molar refractivity (Wildman–Crippen MR) is 95.6 cm³/mol. The Morgan fingerprint density at radius 1 is 1.19 bits per heavy atom. The maximum atomic E-state index is 13.6. The quantitative estimate of drug-likeness (QED) is 0.720. The SMILES string of the molecule is CS(=O)(=O)c1ccc(Oc2cc(F)cc(Br)c2)c2c1C1(CC2)OCCO1. The van der Waals surface area contributed by atoms with Crippen LogP contribution in [0, 0.1) is 5.82 Å². The normalized spacial score (nSPS) is 18.3. The molecule has 5 nitrogen and oxygen atoms in total. The van der Waals surface area contributed by atoms with Gasteiger partial charge in [0.1, 0.15) is 17.3 Å². The predicted octanol–water partition coefficient (Wildman–Crippen LogP) is 3.93. The van der Waals surface area contributed by atoms with Crippen molar-refractivity contribution in [2.24, 2.45) is 0 Å². The Labute approximate surface area is 159 Å². The zero-order chi connectivity index (χ0) is 18.5. The van der Waals surface area contributed by atoms with Crippen molar-refractivity contribution < 1.29 is 27.0 Å². The van der Waals surface area contributed by atoms with Crippen LogP contribution in [0.2, 0.25) is 0 Å². The molecule has 1 aliphatic heterocycles. The molecule has 2 aliphatic rings. The molecule has 1 saturated heterocycles. The molecule has 1 spiro atoms. The third-order valence-corrected chi connectivity index (χ3v) is 6.13. The number of hydrogen-bond donors (Lipinski definition) is 0. The highest BCUT2D eigenvalue weighted by Gasteiger charge is 2.48. The van der Waals surface area contributed by atoms with Gasteiger partial charge in [0, 0.05) is 34.3 Å². The largest absolute Gasteiger partial charge is 0.457 e. The minimum atomic E-state index is -3.48. The molecule has 0 radical (unpaired) electrons. The molecule has 0 aromatic heterocycles. The second-order valence-electron chi connectivity index (χ2n) is 6.34. The Kier molecular flexibility index (Phi) is 4.34. The molecule has 2 aromatic rings. The van der Waals surface area contributed by atoms with Crippen LogP contribution in [0.25, 0.3) is 0 Å². The number of halogens is 2. The van der Waals surface area contributed by atoms with Crippen LogP contribution < -0.4 is 4.74 Å². The minimum absolute atomic E-state index is 0.180. The van der Waals surface area contributed by atoms with Crippen molar-refractivity contribution in [1.29, 1.82) is 0 Å². The average molecular weight is 443 g/mol. The van der Waals surface area contributed by atoms with Gasteiger partial charge >= 0.3 is 0 Å². The van der Waals surface area contributed by atoms with Crippen LogP contribution in [0.3, 0.4) is 0 Å². The molecule has 1 heterocycles. The van der Waals surface area contributed by atoms with E-state index in [0.717, 1.165) is 11.8 Å². The number of hydrogen-bond acceptors (Lipinski definition) is 5. The van der Waals surface area contributed by atoms with Gasteiger partial charge in [-0.15, -0.1) is 0 Å². The van der Waals surface area contributed by atoms with E-state index in [9.17, 15) is 12.8 Å². The van der Waals surface area contributed by atoms with E-state index in [1.54, 1.807) is 12.1 Å². The third-order valence-electron chi connectivity index (χ3n) is 4.53. The van der Waals surface area contributed by atoms with Crippen LogP contribution in [-0.4, -0.2) is 27.9 Å². The summed E-state index contributed by atoms with van der Waals surface area (Å²) in [5.74, 6) is -0.686. The Morgan fingerprint density at radius 2 is 1.92 bits per heavy atom. The van der Waals surface area contributed by atoms with Gasteiger partial charge < -0.3 is 14.2 Å². The molecule has 138 valence electrons. The summed E-state index contributed by atoms with van der Waals surface area (Å²) in [5.41, 5.74) is 1.22. The number of sulfone groups is 1. The monoisotopic (exact) mass is 442 g/mol. The molecule has 0 bridgehead atoms. The van der Waals surface area contributed by atoms with Crippen LogP contribution in [0.1, 0.15) is 17.5 Å². The summed E-state index contributed by atoms with van der Waals surface area (Å²) in [7, 11) is -3.48. The highest BCUT2D eigenvalue weighted by atomic mass is 79.9. The first-order valence-electron chi connectivity index (χ1n) is 8.07. The minimum Gasteiger partial charge on any atom is -0.457 e. The highest BCUT2D eigenvalue weighted by Crippen LogP contribution is 2.50. The van der Waals surface area contributed by atoms with Gasteiger partial charge in [0.2, 0.25) is 0 Å². The fourth-order valence-corrected chi connectivity index (χ4v) is 4.96. The van der Waals surface area contributed by atoms with Crippen molar-refractivity contribution in [2.75, 3.05) is 19.5 Å². The van der Waals surface area contributed by atoms with Crippen LogP contribution in [-0.2, 0) is 31.5 Å². The van der Waals surface area contributed by atoms with E-state index in [2.05, 4.69) is 15.9 Å². The molecule has 8 heteroatoms. The zero-order valence-corrected chi connectivity index (χ0v) is 16.3. The Hall–Kier alpha value is -1.48. The van der Waals surface area contributed by atoms with E-state index in [0.29, 0.717) is 47.6 Å². The molecule has 4 rings (SSSR count). The van der Waals surface area contributed by atoms with Crippen molar-refractivity contribution in [2.45, 2.75) is 23.5 Å². The van der Waals surface area contributed by atoms with E-state index in [4.69, 9.17) is 14.2 Å². The topological polar surface area (TPSA) is 61.8 Å². The fourth-order valence-electron chi connectivity index (χ4n) is 3.55. The molecule has 0 amide bonds. The second kappa shape index (κ2) is 6.30. The van der Waals surface area contributed by atoms with Crippen LogP contribution in [0.4, 0.5) is 4.39 Å². The van der Waals surface area contributed by atoms with Crippen molar-refractivity contribution >= 4 is 25.8 Å². The Bertz CT molecular complexity index is 963. The van der Waals surface area contributed by atoms with Crippen molar-refractivity contribution in [3.05, 3.63) is 51.7 Å². The number of fused-ring (bicyclic) bond motifs is 2. The lowest BCUT2D eigenvalue weighted by Gasteiger charge is -2.25. The molecular formula is C18H16BrFO5S.